The van der Waals surface area contributed by atoms with E-state index >= 15 is 0 Å². The number of hydrogen-bond acceptors (Lipinski definition) is 2. The molecular weight excluding hydrogens is 271 g/mol. The molecule has 2 amide bonds. The van der Waals surface area contributed by atoms with Crippen molar-refractivity contribution in [1.82, 2.24) is 5.32 Å². The number of urea groups is 1. The molecule has 6 heteroatoms. The second-order valence-electron chi connectivity index (χ2n) is 4.40. The summed E-state index contributed by atoms with van der Waals surface area (Å²) in [5, 5.41) is 12.3. The van der Waals surface area contributed by atoms with E-state index in [0.29, 0.717) is 12.1 Å². The second-order valence-corrected chi connectivity index (χ2v) is 4.40. The zero-order valence-corrected chi connectivity index (χ0v) is 11.2. The topological polar surface area (TPSA) is 91.0 Å². The molecule has 2 rings (SSSR count). The molecule has 2 aromatic carbocycles. The maximum Gasteiger partial charge on any atom is 0.319 e. The summed E-state index contributed by atoms with van der Waals surface area (Å²) in [4.78, 5) is 11.7. The van der Waals surface area contributed by atoms with Crippen molar-refractivity contribution in [3.05, 3.63) is 65.5 Å². The summed E-state index contributed by atoms with van der Waals surface area (Å²) < 4.78 is 13.4. The molecule has 5 nitrogen and oxygen atoms in total. The molecule has 5 N–H and O–H groups in total. The first-order valence-corrected chi connectivity index (χ1v) is 6.29. The Balaban J connectivity index is 1.89. The highest BCUT2D eigenvalue weighted by atomic mass is 19.1. The fourth-order valence-corrected chi connectivity index (χ4v) is 1.71. The molecule has 0 unspecified atom stereocenters. The van der Waals surface area contributed by atoms with Gasteiger partial charge in [-0.2, -0.15) is 0 Å². The number of hydrogen-bond donors (Lipinski definition) is 4. The molecular formula is C15H15FN4O. The van der Waals surface area contributed by atoms with Crippen LogP contribution in [0.1, 0.15) is 11.1 Å². The quantitative estimate of drug-likeness (QED) is 0.513. The van der Waals surface area contributed by atoms with Crippen molar-refractivity contribution in [2.75, 3.05) is 5.32 Å². The lowest BCUT2D eigenvalue weighted by Crippen LogP contribution is -2.28. The minimum Gasteiger partial charge on any atom is -0.384 e. The number of carbonyl (C=O) groups is 1. The lowest BCUT2D eigenvalue weighted by atomic mass is 10.1. The van der Waals surface area contributed by atoms with E-state index in [2.05, 4.69) is 10.6 Å². The maximum atomic E-state index is 13.4. The van der Waals surface area contributed by atoms with Gasteiger partial charge in [0.05, 0.1) is 5.69 Å². The van der Waals surface area contributed by atoms with Gasteiger partial charge in [-0.15, -0.1) is 0 Å². The molecule has 0 aliphatic heterocycles. The Morgan fingerprint density at radius 3 is 2.43 bits per heavy atom. The summed E-state index contributed by atoms with van der Waals surface area (Å²) in [5.74, 6) is -0.495. The Labute approximate surface area is 121 Å². The monoisotopic (exact) mass is 286 g/mol. The summed E-state index contributed by atoms with van der Waals surface area (Å²) in [7, 11) is 0. The maximum absolute atomic E-state index is 13.4. The SMILES string of the molecule is N=C(N)c1ccc(CNC(=O)Nc2ccccc2F)cc1. The van der Waals surface area contributed by atoms with Gasteiger partial charge in [0.15, 0.2) is 0 Å². The molecule has 108 valence electrons. The molecule has 21 heavy (non-hydrogen) atoms. The van der Waals surface area contributed by atoms with Crippen LogP contribution < -0.4 is 16.4 Å². The fourth-order valence-electron chi connectivity index (χ4n) is 1.71. The Morgan fingerprint density at radius 1 is 1.14 bits per heavy atom. The number of amidine groups is 1. The molecule has 0 aromatic heterocycles. The lowest BCUT2D eigenvalue weighted by molar-refractivity contribution is 0.251. The first-order valence-electron chi connectivity index (χ1n) is 6.29. The van der Waals surface area contributed by atoms with Crippen LogP contribution >= 0.6 is 0 Å². The molecule has 0 bridgehead atoms. The number of anilines is 1. The number of nitrogen functional groups attached to an aromatic ring is 1. The molecule has 0 aliphatic rings. The smallest absolute Gasteiger partial charge is 0.319 e. The number of para-hydroxylation sites is 1. The zero-order chi connectivity index (χ0) is 15.2. The van der Waals surface area contributed by atoms with Gasteiger partial charge in [-0.25, -0.2) is 9.18 Å². The summed E-state index contributed by atoms with van der Waals surface area (Å²) in [6, 6.07) is 12.4. The zero-order valence-electron chi connectivity index (χ0n) is 11.2. The molecule has 0 spiro atoms. The number of carbonyl (C=O) groups excluding carboxylic acids is 1. The number of nitrogens with two attached hydrogens (primary N) is 1. The summed E-state index contributed by atoms with van der Waals surface area (Å²) in [5.41, 5.74) is 6.95. The summed E-state index contributed by atoms with van der Waals surface area (Å²) in [6.07, 6.45) is 0. The average molecular weight is 286 g/mol. The van der Waals surface area contributed by atoms with Crippen LogP contribution in [0.3, 0.4) is 0 Å². The predicted octanol–water partition coefficient (Wildman–Crippen LogP) is 2.43. The normalized spacial score (nSPS) is 9.95. The third kappa shape index (κ3) is 4.04. The minimum absolute atomic E-state index is 0.00759. The van der Waals surface area contributed by atoms with Crippen molar-refractivity contribution in [3.63, 3.8) is 0 Å². The second kappa shape index (κ2) is 6.51. The summed E-state index contributed by atoms with van der Waals surface area (Å²) in [6.45, 7) is 0.290. The number of benzene rings is 2. The number of amides is 2. The third-order valence-corrected chi connectivity index (χ3v) is 2.84. The van der Waals surface area contributed by atoms with Gasteiger partial charge in [-0.3, -0.25) is 5.41 Å². The van der Waals surface area contributed by atoms with E-state index in [-0.39, 0.29) is 11.5 Å². The van der Waals surface area contributed by atoms with Crippen LogP contribution in [0, 0.1) is 11.2 Å². The van der Waals surface area contributed by atoms with Gasteiger partial charge >= 0.3 is 6.03 Å². The van der Waals surface area contributed by atoms with Crippen molar-refractivity contribution < 1.29 is 9.18 Å². The van der Waals surface area contributed by atoms with Crippen molar-refractivity contribution in [2.45, 2.75) is 6.54 Å². The number of nitrogens with one attached hydrogen (secondary N) is 3. The number of rotatable bonds is 4. The Morgan fingerprint density at radius 2 is 1.81 bits per heavy atom. The van der Waals surface area contributed by atoms with Gasteiger partial charge < -0.3 is 16.4 Å². The van der Waals surface area contributed by atoms with E-state index in [4.69, 9.17) is 11.1 Å². The van der Waals surface area contributed by atoms with E-state index in [1.807, 2.05) is 0 Å². The van der Waals surface area contributed by atoms with Crippen LogP contribution in [0.5, 0.6) is 0 Å². The van der Waals surface area contributed by atoms with Crippen LogP contribution in [-0.4, -0.2) is 11.9 Å². The molecule has 0 radical (unpaired) electrons. The van der Waals surface area contributed by atoms with Gasteiger partial charge in [0, 0.05) is 12.1 Å². The van der Waals surface area contributed by atoms with E-state index in [0.717, 1.165) is 5.56 Å². The standard InChI is InChI=1S/C15H15FN4O/c16-12-3-1-2-4-13(12)20-15(21)19-9-10-5-7-11(8-6-10)14(17)18/h1-8H,9H2,(H3,17,18)(H2,19,20,21). The highest BCUT2D eigenvalue weighted by Gasteiger charge is 2.05. The van der Waals surface area contributed by atoms with Crippen LogP contribution in [-0.2, 0) is 6.54 Å². The van der Waals surface area contributed by atoms with E-state index < -0.39 is 11.8 Å². The molecule has 0 saturated carbocycles. The van der Waals surface area contributed by atoms with E-state index in [1.54, 1.807) is 36.4 Å². The number of halogens is 1. The van der Waals surface area contributed by atoms with Crippen molar-refractivity contribution in [3.8, 4) is 0 Å². The summed E-state index contributed by atoms with van der Waals surface area (Å²) >= 11 is 0. The van der Waals surface area contributed by atoms with Crippen LogP contribution in [0.25, 0.3) is 0 Å². The molecule has 0 saturated heterocycles. The Bertz CT molecular complexity index is 655. The Hall–Kier alpha value is -2.89. The lowest BCUT2D eigenvalue weighted by Gasteiger charge is -2.08. The average Bonchev–Trinajstić information content (AvgIpc) is 2.48. The van der Waals surface area contributed by atoms with Gasteiger partial charge in [-0.05, 0) is 17.7 Å². The third-order valence-electron chi connectivity index (χ3n) is 2.84. The van der Waals surface area contributed by atoms with Crippen LogP contribution in [0.4, 0.5) is 14.9 Å². The van der Waals surface area contributed by atoms with Gasteiger partial charge in [0.2, 0.25) is 0 Å². The molecule has 0 aliphatic carbocycles. The Kier molecular flexibility index (Phi) is 4.50. The molecule has 0 heterocycles. The largest absolute Gasteiger partial charge is 0.384 e. The highest BCUT2D eigenvalue weighted by molar-refractivity contribution is 5.94. The first-order chi connectivity index (χ1) is 10.1. The molecule has 0 atom stereocenters. The minimum atomic E-state index is -0.490. The van der Waals surface area contributed by atoms with E-state index in [9.17, 15) is 9.18 Å². The van der Waals surface area contributed by atoms with Gasteiger partial charge in [-0.1, -0.05) is 36.4 Å². The highest BCUT2D eigenvalue weighted by Crippen LogP contribution is 2.12. The van der Waals surface area contributed by atoms with Crippen LogP contribution in [0.2, 0.25) is 0 Å². The fraction of sp³-hybridized carbons (Fsp3) is 0.0667. The van der Waals surface area contributed by atoms with Crippen molar-refractivity contribution in [2.24, 2.45) is 5.73 Å². The van der Waals surface area contributed by atoms with Gasteiger partial charge in [0.1, 0.15) is 11.7 Å². The predicted molar refractivity (Wildman–Crippen MR) is 79.7 cm³/mol. The van der Waals surface area contributed by atoms with Crippen molar-refractivity contribution in [1.29, 1.82) is 5.41 Å². The van der Waals surface area contributed by atoms with E-state index in [1.165, 1.54) is 12.1 Å². The van der Waals surface area contributed by atoms with Crippen LogP contribution in [0.15, 0.2) is 48.5 Å². The van der Waals surface area contributed by atoms with Crippen molar-refractivity contribution >= 4 is 17.6 Å². The first kappa shape index (κ1) is 14.5. The molecule has 0 fully saturated rings. The van der Waals surface area contributed by atoms with Gasteiger partial charge in [0.25, 0.3) is 0 Å². The molecule has 2 aromatic rings.